The van der Waals surface area contributed by atoms with Gasteiger partial charge in [0.25, 0.3) is 0 Å². The summed E-state index contributed by atoms with van der Waals surface area (Å²) in [5, 5.41) is 9.38. The number of ketones is 1. The van der Waals surface area contributed by atoms with Gasteiger partial charge < -0.3 is 0 Å². The third-order valence-electron chi connectivity index (χ3n) is 5.82. The minimum atomic E-state index is -1.10. The van der Waals surface area contributed by atoms with Crippen molar-refractivity contribution in [3.63, 3.8) is 0 Å². The predicted molar refractivity (Wildman–Crippen MR) is 109 cm³/mol. The van der Waals surface area contributed by atoms with Crippen LogP contribution in [0.25, 0.3) is 11.1 Å². The number of hydrogen-bond donors (Lipinski definition) is 0. The molecule has 0 spiro atoms. The molecule has 0 saturated heterocycles. The normalized spacial score (nSPS) is 22.2. The van der Waals surface area contributed by atoms with Gasteiger partial charge in [-0.1, -0.05) is 54.1 Å². The number of allylic oxidation sites excluding steroid dienone is 4. The maximum Gasteiger partial charge on any atom is 0.160 e. The zero-order valence-electron chi connectivity index (χ0n) is 15.9. The second-order valence-corrected chi connectivity index (χ2v) is 7.72. The number of carbonyl (C=O) groups excluding carboxylic acids is 1. The molecule has 2 atom stereocenters. The Kier molecular flexibility index (Phi) is 4.73. The van der Waals surface area contributed by atoms with Crippen molar-refractivity contribution < 1.29 is 9.18 Å². The number of rotatable bonds is 6. The summed E-state index contributed by atoms with van der Waals surface area (Å²) in [7, 11) is 0. The smallest absolute Gasteiger partial charge is 0.160 e. The van der Waals surface area contributed by atoms with Gasteiger partial charge in [0.1, 0.15) is 5.67 Å². The number of halogens is 1. The maximum absolute atomic E-state index is 14.2. The van der Waals surface area contributed by atoms with E-state index >= 15 is 0 Å². The maximum atomic E-state index is 14.2. The topological polar surface area (TPSA) is 40.9 Å². The molecule has 2 nitrogen and oxygen atoms in total. The Morgan fingerprint density at radius 1 is 1.25 bits per heavy atom. The van der Waals surface area contributed by atoms with Crippen LogP contribution in [0.3, 0.4) is 0 Å². The number of alkyl halides is 1. The van der Waals surface area contributed by atoms with Crippen molar-refractivity contribution in [1.82, 2.24) is 0 Å². The van der Waals surface area contributed by atoms with Crippen LogP contribution in [0.4, 0.5) is 4.39 Å². The lowest BCUT2D eigenvalue weighted by Gasteiger charge is -2.14. The highest BCUT2D eigenvalue weighted by Gasteiger charge is 2.55. The molecule has 4 rings (SSSR count). The minimum absolute atomic E-state index is 0.0416. The number of nitriles is 1. The molecule has 2 aromatic carbocycles. The van der Waals surface area contributed by atoms with Gasteiger partial charge in [0.05, 0.1) is 11.6 Å². The van der Waals surface area contributed by atoms with E-state index in [0.717, 1.165) is 41.5 Å². The van der Waals surface area contributed by atoms with Crippen molar-refractivity contribution >= 4 is 5.78 Å². The summed E-state index contributed by atoms with van der Waals surface area (Å²) in [6, 6.07) is 15.5. The molecule has 0 heterocycles. The molecule has 2 aromatic rings. The van der Waals surface area contributed by atoms with Crippen LogP contribution >= 0.6 is 0 Å². The minimum Gasteiger partial charge on any atom is -0.295 e. The summed E-state index contributed by atoms with van der Waals surface area (Å²) in [6.45, 7) is 1.58. The first-order valence-electron chi connectivity index (χ1n) is 9.72. The van der Waals surface area contributed by atoms with Crippen molar-refractivity contribution in [3.8, 4) is 17.2 Å². The van der Waals surface area contributed by atoms with Gasteiger partial charge in [-0.05, 0) is 61.4 Å². The molecule has 2 aliphatic rings. The van der Waals surface area contributed by atoms with E-state index in [2.05, 4.69) is 6.07 Å². The fraction of sp³-hybridized carbons (Fsp3) is 0.280. The molecule has 0 aromatic heterocycles. The molecule has 0 bridgehead atoms. The monoisotopic (exact) mass is 371 g/mol. The van der Waals surface area contributed by atoms with E-state index in [4.69, 9.17) is 0 Å². The van der Waals surface area contributed by atoms with Crippen molar-refractivity contribution in [2.24, 2.45) is 5.92 Å². The summed E-state index contributed by atoms with van der Waals surface area (Å²) in [5.74, 6) is 0.0959. The number of nitrogens with zero attached hydrogens (tertiary/aromatic N) is 1. The van der Waals surface area contributed by atoms with Gasteiger partial charge in [-0.2, -0.15) is 5.26 Å². The Hall–Kier alpha value is -2.99. The van der Waals surface area contributed by atoms with Crippen LogP contribution in [0.5, 0.6) is 0 Å². The van der Waals surface area contributed by atoms with E-state index < -0.39 is 5.67 Å². The average Bonchev–Trinajstić information content (AvgIpc) is 3.40. The van der Waals surface area contributed by atoms with Crippen LogP contribution in [0, 0.1) is 17.2 Å². The molecule has 1 saturated carbocycles. The van der Waals surface area contributed by atoms with Crippen molar-refractivity contribution in [2.75, 3.05) is 0 Å². The van der Waals surface area contributed by atoms with Crippen LogP contribution in [-0.2, 0) is 6.42 Å². The SMILES string of the molecule is CC(=O)c1ccc(-c2ccccc2C#N)cc1CCCC1=CC=CC2(F)CC12. The number of fused-ring (bicyclic) bond motifs is 1. The molecule has 3 heteroatoms. The zero-order chi connectivity index (χ0) is 19.7. The highest BCUT2D eigenvalue weighted by atomic mass is 19.1. The molecule has 0 amide bonds. The second kappa shape index (κ2) is 7.20. The Bertz CT molecular complexity index is 1040. The van der Waals surface area contributed by atoms with E-state index in [0.29, 0.717) is 12.0 Å². The molecule has 0 radical (unpaired) electrons. The molecule has 0 N–H and O–H groups in total. The molecule has 2 aliphatic carbocycles. The Labute approximate surface area is 165 Å². The summed E-state index contributed by atoms with van der Waals surface area (Å²) in [6.07, 6.45) is 8.62. The third-order valence-corrected chi connectivity index (χ3v) is 5.82. The molecule has 0 aliphatic heterocycles. The highest BCUT2D eigenvalue weighted by molar-refractivity contribution is 5.96. The van der Waals surface area contributed by atoms with Crippen molar-refractivity contribution in [2.45, 2.75) is 38.3 Å². The Balaban J connectivity index is 1.55. The first-order chi connectivity index (χ1) is 13.5. The standard InChI is InChI=1S/C25H22FNO/c1-17(28)22-12-11-20(23-10-3-2-6-21(23)16-27)14-19(22)8-4-7-18-9-5-13-25(26)15-24(18)25/h2-3,5-6,9-14,24H,4,7-8,15H2,1H3. The lowest BCUT2D eigenvalue weighted by atomic mass is 9.91. The number of Topliss-reactive ketones (excluding diaryl/α,β-unsaturated/α-hetero) is 1. The quantitative estimate of drug-likeness (QED) is 0.587. The van der Waals surface area contributed by atoms with Gasteiger partial charge in [0.15, 0.2) is 5.78 Å². The lowest BCUT2D eigenvalue weighted by Crippen LogP contribution is -2.06. The first kappa shape index (κ1) is 18.4. The van der Waals surface area contributed by atoms with E-state index in [1.807, 2.05) is 48.6 Å². The van der Waals surface area contributed by atoms with Gasteiger partial charge in [0.2, 0.25) is 0 Å². The first-order valence-corrected chi connectivity index (χ1v) is 9.72. The van der Waals surface area contributed by atoms with Crippen molar-refractivity contribution in [1.29, 1.82) is 5.26 Å². The van der Waals surface area contributed by atoms with Crippen LogP contribution in [0.15, 0.2) is 66.3 Å². The highest BCUT2D eigenvalue weighted by Crippen LogP contribution is 2.55. The van der Waals surface area contributed by atoms with Crippen LogP contribution in [0.2, 0.25) is 0 Å². The second-order valence-electron chi connectivity index (χ2n) is 7.72. The molecule has 28 heavy (non-hydrogen) atoms. The third kappa shape index (κ3) is 3.43. The molecule has 1 fully saturated rings. The number of benzene rings is 2. The lowest BCUT2D eigenvalue weighted by molar-refractivity contribution is 0.101. The van der Waals surface area contributed by atoms with Crippen LogP contribution < -0.4 is 0 Å². The zero-order valence-corrected chi connectivity index (χ0v) is 15.9. The summed E-state index contributed by atoms with van der Waals surface area (Å²) in [4.78, 5) is 12.1. The number of carbonyl (C=O) groups is 1. The fourth-order valence-electron chi connectivity index (χ4n) is 4.21. The van der Waals surface area contributed by atoms with Gasteiger partial charge in [0, 0.05) is 11.5 Å². The van der Waals surface area contributed by atoms with Gasteiger partial charge >= 0.3 is 0 Å². The number of aryl methyl sites for hydroxylation is 1. The summed E-state index contributed by atoms with van der Waals surface area (Å²) < 4.78 is 14.2. The summed E-state index contributed by atoms with van der Waals surface area (Å²) in [5.41, 5.74) is 4.24. The Morgan fingerprint density at radius 3 is 2.86 bits per heavy atom. The van der Waals surface area contributed by atoms with E-state index in [1.165, 1.54) is 5.57 Å². The van der Waals surface area contributed by atoms with E-state index in [-0.39, 0.29) is 11.7 Å². The predicted octanol–water partition coefficient (Wildman–Crippen LogP) is 5.97. The summed E-state index contributed by atoms with van der Waals surface area (Å²) >= 11 is 0. The fourth-order valence-corrected chi connectivity index (χ4v) is 4.21. The molecular formula is C25H22FNO. The molecule has 2 unspecified atom stereocenters. The van der Waals surface area contributed by atoms with Crippen LogP contribution in [0.1, 0.15) is 47.7 Å². The van der Waals surface area contributed by atoms with E-state index in [9.17, 15) is 14.4 Å². The van der Waals surface area contributed by atoms with Gasteiger partial charge in [-0.3, -0.25) is 4.79 Å². The van der Waals surface area contributed by atoms with Gasteiger partial charge in [-0.15, -0.1) is 0 Å². The molecular weight excluding hydrogens is 349 g/mol. The van der Waals surface area contributed by atoms with Crippen LogP contribution in [-0.4, -0.2) is 11.5 Å². The largest absolute Gasteiger partial charge is 0.295 e. The Morgan fingerprint density at radius 2 is 2.07 bits per heavy atom. The average molecular weight is 371 g/mol. The van der Waals surface area contributed by atoms with Crippen molar-refractivity contribution in [3.05, 3.63) is 83.0 Å². The van der Waals surface area contributed by atoms with Gasteiger partial charge in [-0.25, -0.2) is 4.39 Å². The number of hydrogen-bond acceptors (Lipinski definition) is 2. The van der Waals surface area contributed by atoms with E-state index in [1.54, 1.807) is 19.1 Å². The molecule has 140 valence electrons.